The molecule has 0 bridgehead atoms. The average molecular weight is 303 g/mol. The Morgan fingerprint density at radius 1 is 1.20 bits per heavy atom. The molecular formula is C15H17N3S2. The summed E-state index contributed by atoms with van der Waals surface area (Å²) < 4.78 is 1.88. The second kappa shape index (κ2) is 5.81. The van der Waals surface area contributed by atoms with Gasteiger partial charge in [-0.1, -0.05) is 19.1 Å². The van der Waals surface area contributed by atoms with E-state index < -0.39 is 0 Å². The molecule has 0 atom stereocenters. The van der Waals surface area contributed by atoms with Crippen LogP contribution in [0.4, 0.5) is 5.69 Å². The third-order valence-corrected chi connectivity index (χ3v) is 5.07. The number of thiophene rings is 2. The summed E-state index contributed by atoms with van der Waals surface area (Å²) in [4.78, 5) is 2.66. The summed E-state index contributed by atoms with van der Waals surface area (Å²) in [5, 5.41) is 12.4. The van der Waals surface area contributed by atoms with Crippen molar-refractivity contribution in [3.8, 4) is 0 Å². The Labute approximate surface area is 126 Å². The minimum Gasteiger partial charge on any atom is -0.370 e. The lowest BCUT2D eigenvalue weighted by Gasteiger charge is -2.17. The van der Waals surface area contributed by atoms with Gasteiger partial charge in [0.05, 0.1) is 17.4 Å². The van der Waals surface area contributed by atoms with E-state index in [1.165, 1.54) is 9.75 Å². The number of rotatable bonds is 5. The minimum absolute atomic E-state index is 0.212. The molecule has 0 spiro atoms. The first-order valence-corrected chi connectivity index (χ1v) is 8.39. The van der Waals surface area contributed by atoms with Crippen LogP contribution in [0.15, 0.2) is 41.2 Å². The lowest BCUT2D eigenvalue weighted by atomic mass is 10.2. The molecule has 0 aromatic carbocycles. The van der Waals surface area contributed by atoms with E-state index in [2.05, 4.69) is 58.6 Å². The van der Waals surface area contributed by atoms with Crippen LogP contribution in [0.25, 0.3) is 0 Å². The van der Waals surface area contributed by atoms with Crippen molar-refractivity contribution in [1.82, 2.24) is 9.78 Å². The molecule has 3 nitrogen and oxygen atoms in total. The Kier molecular flexibility index (Phi) is 3.89. The quantitative estimate of drug-likeness (QED) is 0.761. The second-order valence-corrected chi connectivity index (χ2v) is 6.58. The van der Waals surface area contributed by atoms with Crippen LogP contribution in [-0.2, 0) is 13.5 Å². The fraction of sp³-hybridized carbons (Fsp3) is 0.267. The third-order valence-electron chi connectivity index (χ3n) is 3.20. The molecule has 0 aliphatic carbocycles. The van der Waals surface area contributed by atoms with Crippen molar-refractivity contribution >= 4 is 28.4 Å². The van der Waals surface area contributed by atoms with Crippen LogP contribution in [0.5, 0.6) is 0 Å². The van der Waals surface area contributed by atoms with Crippen LogP contribution in [0.1, 0.15) is 28.4 Å². The number of aromatic nitrogens is 2. The number of nitrogens with one attached hydrogen (secondary N) is 1. The lowest BCUT2D eigenvalue weighted by Crippen LogP contribution is -2.10. The van der Waals surface area contributed by atoms with Crippen LogP contribution in [0.2, 0.25) is 0 Å². The fourth-order valence-corrected chi connectivity index (χ4v) is 3.93. The van der Waals surface area contributed by atoms with E-state index in [1.54, 1.807) is 22.7 Å². The number of anilines is 1. The van der Waals surface area contributed by atoms with Gasteiger partial charge >= 0.3 is 0 Å². The molecule has 0 fully saturated rings. The van der Waals surface area contributed by atoms with E-state index in [9.17, 15) is 0 Å². The first-order valence-electron chi connectivity index (χ1n) is 6.63. The van der Waals surface area contributed by atoms with E-state index in [4.69, 9.17) is 0 Å². The van der Waals surface area contributed by atoms with Crippen LogP contribution in [0, 0.1) is 0 Å². The molecule has 20 heavy (non-hydrogen) atoms. The number of hydrogen-bond acceptors (Lipinski definition) is 4. The number of nitrogens with zero attached hydrogens (tertiary/aromatic N) is 2. The predicted octanol–water partition coefficient (Wildman–Crippen LogP) is 4.31. The number of aryl methyl sites for hydroxylation is 2. The molecular weight excluding hydrogens is 286 g/mol. The smallest absolute Gasteiger partial charge is 0.0954 e. The Morgan fingerprint density at radius 3 is 2.35 bits per heavy atom. The van der Waals surface area contributed by atoms with E-state index in [-0.39, 0.29) is 6.04 Å². The largest absolute Gasteiger partial charge is 0.370 e. The summed E-state index contributed by atoms with van der Waals surface area (Å²) in [6.45, 7) is 2.14. The van der Waals surface area contributed by atoms with E-state index in [1.807, 2.05) is 11.7 Å². The van der Waals surface area contributed by atoms with Gasteiger partial charge in [-0.25, -0.2) is 0 Å². The van der Waals surface area contributed by atoms with Crippen molar-refractivity contribution in [2.24, 2.45) is 7.05 Å². The maximum Gasteiger partial charge on any atom is 0.0954 e. The van der Waals surface area contributed by atoms with Crippen LogP contribution in [-0.4, -0.2) is 9.78 Å². The number of hydrogen-bond donors (Lipinski definition) is 1. The first-order chi connectivity index (χ1) is 9.78. The Morgan fingerprint density at radius 2 is 1.85 bits per heavy atom. The van der Waals surface area contributed by atoms with E-state index in [0.717, 1.165) is 17.8 Å². The van der Waals surface area contributed by atoms with Crippen molar-refractivity contribution in [2.45, 2.75) is 19.4 Å². The van der Waals surface area contributed by atoms with Gasteiger partial charge in [-0.3, -0.25) is 4.68 Å². The molecule has 0 aliphatic rings. The van der Waals surface area contributed by atoms with Crippen molar-refractivity contribution in [2.75, 3.05) is 5.32 Å². The van der Waals surface area contributed by atoms with Crippen molar-refractivity contribution < 1.29 is 0 Å². The Bertz CT molecular complexity index is 619. The standard InChI is InChI=1S/C15H17N3S2/c1-3-11-12(10-18(2)17-11)16-15(13-6-4-8-19-13)14-7-5-9-20-14/h4-10,15-16H,3H2,1-2H3. The molecule has 3 rings (SSSR count). The van der Waals surface area contributed by atoms with Crippen molar-refractivity contribution in [1.29, 1.82) is 0 Å². The van der Waals surface area contributed by atoms with Crippen LogP contribution >= 0.6 is 22.7 Å². The highest BCUT2D eigenvalue weighted by Gasteiger charge is 2.18. The zero-order valence-corrected chi connectivity index (χ0v) is 13.2. The molecule has 3 aromatic rings. The van der Waals surface area contributed by atoms with Crippen molar-refractivity contribution in [3.05, 3.63) is 56.7 Å². The predicted molar refractivity (Wildman–Crippen MR) is 86.7 cm³/mol. The Balaban J connectivity index is 1.94. The highest BCUT2D eigenvalue weighted by molar-refractivity contribution is 7.11. The summed E-state index contributed by atoms with van der Waals surface area (Å²) >= 11 is 3.57. The Hall–Kier alpha value is -1.59. The highest BCUT2D eigenvalue weighted by Crippen LogP contribution is 2.33. The maximum absolute atomic E-state index is 4.51. The summed E-state index contributed by atoms with van der Waals surface area (Å²) in [7, 11) is 1.97. The second-order valence-electron chi connectivity index (χ2n) is 4.62. The van der Waals surface area contributed by atoms with Gasteiger partial charge in [0.15, 0.2) is 0 Å². The fourth-order valence-electron chi connectivity index (χ4n) is 2.27. The molecule has 3 aromatic heterocycles. The molecule has 0 saturated carbocycles. The molecule has 0 aliphatic heterocycles. The average Bonchev–Trinajstić information content (AvgIpc) is 3.18. The maximum atomic E-state index is 4.51. The zero-order valence-electron chi connectivity index (χ0n) is 11.5. The summed E-state index contributed by atoms with van der Waals surface area (Å²) in [6, 6.07) is 8.79. The normalized spacial score (nSPS) is 11.2. The summed E-state index contributed by atoms with van der Waals surface area (Å²) in [5.41, 5.74) is 2.24. The minimum atomic E-state index is 0.212. The third kappa shape index (κ3) is 2.64. The van der Waals surface area contributed by atoms with Gasteiger partial charge in [0.1, 0.15) is 0 Å². The lowest BCUT2D eigenvalue weighted by molar-refractivity contribution is 0.746. The summed E-state index contributed by atoms with van der Waals surface area (Å²) in [5.74, 6) is 0. The van der Waals surface area contributed by atoms with Gasteiger partial charge in [-0.2, -0.15) is 5.10 Å². The van der Waals surface area contributed by atoms with Crippen molar-refractivity contribution in [3.63, 3.8) is 0 Å². The summed E-state index contributed by atoms with van der Waals surface area (Å²) in [6.07, 6.45) is 3.00. The molecule has 0 amide bonds. The van der Waals surface area contributed by atoms with Crippen LogP contribution in [0.3, 0.4) is 0 Å². The van der Waals surface area contributed by atoms with Gasteiger partial charge < -0.3 is 5.32 Å². The van der Waals surface area contributed by atoms with E-state index >= 15 is 0 Å². The first kappa shape index (κ1) is 13.4. The highest BCUT2D eigenvalue weighted by atomic mass is 32.1. The molecule has 0 radical (unpaired) electrons. The van der Waals surface area contributed by atoms with Gasteiger partial charge in [0.25, 0.3) is 0 Å². The molecule has 104 valence electrons. The van der Waals surface area contributed by atoms with Gasteiger partial charge in [-0.05, 0) is 29.3 Å². The molecule has 3 heterocycles. The molecule has 5 heteroatoms. The topological polar surface area (TPSA) is 29.9 Å². The SMILES string of the molecule is CCc1nn(C)cc1NC(c1cccs1)c1cccs1. The van der Waals surface area contributed by atoms with E-state index in [0.29, 0.717) is 0 Å². The zero-order chi connectivity index (χ0) is 13.9. The molecule has 0 unspecified atom stereocenters. The van der Waals surface area contributed by atoms with Gasteiger partial charge in [-0.15, -0.1) is 22.7 Å². The van der Waals surface area contributed by atoms with Gasteiger partial charge in [0, 0.05) is 23.0 Å². The van der Waals surface area contributed by atoms with Gasteiger partial charge in [0.2, 0.25) is 0 Å². The van der Waals surface area contributed by atoms with Crippen LogP contribution < -0.4 is 5.32 Å². The molecule has 1 N–H and O–H groups in total. The molecule has 0 saturated heterocycles. The monoisotopic (exact) mass is 303 g/mol.